The molecule has 0 aromatic heterocycles. The van der Waals surface area contributed by atoms with Crippen molar-refractivity contribution in [3.63, 3.8) is 0 Å². The van der Waals surface area contributed by atoms with Crippen molar-refractivity contribution in [1.82, 2.24) is 0 Å². The molecule has 5 nitrogen and oxygen atoms in total. The molecule has 0 aliphatic rings. The Bertz CT molecular complexity index is 392. The van der Waals surface area contributed by atoms with Gasteiger partial charge in [0.15, 0.2) is 6.10 Å². The number of aliphatic hydroxyl groups is 2. The molecule has 0 fully saturated rings. The van der Waals surface area contributed by atoms with Crippen LogP contribution in [0.1, 0.15) is 17.2 Å². The molecule has 0 heterocycles. The molecule has 4 N–H and O–H groups in total. The molecule has 1 rings (SSSR count). The van der Waals surface area contributed by atoms with E-state index in [1.807, 2.05) is 6.92 Å². The lowest BCUT2D eigenvalue weighted by molar-refractivity contribution is -0.131. The summed E-state index contributed by atoms with van der Waals surface area (Å²) in [4.78, 5) is 10.7. The number of primary amides is 1. The van der Waals surface area contributed by atoms with Gasteiger partial charge >= 0.3 is 0 Å². The fourth-order valence-corrected chi connectivity index (χ4v) is 1.40. The maximum absolute atomic E-state index is 10.7. The van der Waals surface area contributed by atoms with Gasteiger partial charge in [0, 0.05) is 0 Å². The predicted octanol–water partition coefficient (Wildman–Crippen LogP) is -0.117. The molecule has 0 aliphatic heterocycles. The van der Waals surface area contributed by atoms with Crippen LogP contribution in [0.2, 0.25) is 0 Å². The summed E-state index contributed by atoms with van der Waals surface area (Å²) in [7, 11) is 1.50. The highest BCUT2D eigenvalue weighted by Gasteiger charge is 2.23. The van der Waals surface area contributed by atoms with Crippen molar-refractivity contribution in [2.45, 2.75) is 19.1 Å². The third kappa shape index (κ3) is 2.71. The molecule has 5 heteroatoms. The first-order valence-corrected chi connectivity index (χ1v) is 4.76. The number of amides is 1. The van der Waals surface area contributed by atoms with Crippen LogP contribution in [-0.4, -0.2) is 29.3 Å². The summed E-state index contributed by atoms with van der Waals surface area (Å²) < 4.78 is 5.02. The minimum atomic E-state index is -1.62. The van der Waals surface area contributed by atoms with Crippen molar-refractivity contribution in [1.29, 1.82) is 0 Å². The summed E-state index contributed by atoms with van der Waals surface area (Å²) in [5.74, 6) is -0.418. The molecule has 0 saturated heterocycles. The van der Waals surface area contributed by atoms with Gasteiger partial charge in [-0.3, -0.25) is 4.79 Å². The van der Waals surface area contributed by atoms with E-state index in [0.717, 1.165) is 5.56 Å². The van der Waals surface area contributed by atoms with Gasteiger partial charge in [-0.05, 0) is 30.2 Å². The smallest absolute Gasteiger partial charge is 0.249 e. The highest BCUT2D eigenvalue weighted by Crippen LogP contribution is 2.23. The van der Waals surface area contributed by atoms with Crippen molar-refractivity contribution in [3.8, 4) is 5.75 Å². The molecule has 0 bridgehead atoms. The average Bonchev–Trinajstić information content (AvgIpc) is 2.25. The maximum atomic E-state index is 10.7. The van der Waals surface area contributed by atoms with E-state index in [-0.39, 0.29) is 0 Å². The zero-order chi connectivity index (χ0) is 12.3. The third-order valence-corrected chi connectivity index (χ3v) is 2.24. The Morgan fingerprint density at radius 2 is 2.00 bits per heavy atom. The van der Waals surface area contributed by atoms with Crippen LogP contribution in [0.15, 0.2) is 18.2 Å². The monoisotopic (exact) mass is 225 g/mol. The molecule has 2 atom stereocenters. The molecule has 0 spiro atoms. The minimum absolute atomic E-state index is 0.392. The van der Waals surface area contributed by atoms with Crippen molar-refractivity contribution < 1.29 is 19.7 Å². The van der Waals surface area contributed by atoms with E-state index in [9.17, 15) is 15.0 Å². The second-order valence-electron chi connectivity index (χ2n) is 3.58. The lowest BCUT2D eigenvalue weighted by atomic mass is 10.0. The van der Waals surface area contributed by atoms with Crippen molar-refractivity contribution in [3.05, 3.63) is 29.3 Å². The Labute approximate surface area is 93.5 Å². The fourth-order valence-electron chi connectivity index (χ4n) is 1.40. The maximum Gasteiger partial charge on any atom is 0.249 e. The molecule has 0 aliphatic carbocycles. The zero-order valence-electron chi connectivity index (χ0n) is 9.18. The highest BCUT2D eigenvalue weighted by molar-refractivity contribution is 5.79. The summed E-state index contributed by atoms with van der Waals surface area (Å²) in [6, 6.07) is 4.97. The number of aliphatic hydroxyl groups excluding tert-OH is 2. The van der Waals surface area contributed by atoms with Crippen LogP contribution in [0.25, 0.3) is 0 Å². The van der Waals surface area contributed by atoms with Crippen molar-refractivity contribution >= 4 is 5.91 Å². The summed E-state index contributed by atoms with van der Waals surface area (Å²) in [5, 5.41) is 19.0. The van der Waals surface area contributed by atoms with E-state index in [2.05, 4.69) is 0 Å². The summed E-state index contributed by atoms with van der Waals surface area (Å²) in [5.41, 5.74) is 6.15. The van der Waals surface area contributed by atoms with Crippen LogP contribution in [0.5, 0.6) is 5.75 Å². The Morgan fingerprint density at radius 3 is 2.50 bits per heavy atom. The molecule has 0 radical (unpaired) electrons. The predicted molar refractivity (Wildman–Crippen MR) is 57.9 cm³/mol. The molecule has 1 amide bonds. The lowest BCUT2D eigenvalue weighted by Crippen LogP contribution is -2.33. The number of carbonyl (C=O) groups is 1. The molecular formula is C11H15NO4. The van der Waals surface area contributed by atoms with Gasteiger partial charge in [-0.15, -0.1) is 0 Å². The Hall–Kier alpha value is -1.59. The quantitative estimate of drug-likeness (QED) is 0.666. The standard InChI is InChI=1S/C11H15NO4/c1-6-3-7(5-8(4-6)16-2)9(13)10(14)11(12)15/h3-5,9-10,13-14H,1-2H3,(H2,12,15). The van der Waals surface area contributed by atoms with Crippen LogP contribution >= 0.6 is 0 Å². The summed E-state index contributed by atoms with van der Waals surface area (Å²) in [6.07, 6.45) is -2.96. The molecule has 1 aromatic carbocycles. The highest BCUT2D eigenvalue weighted by atomic mass is 16.5. The van der Waals surface area contributed by atoms with Gasteiger partial charge in [-0.1, -0.05) is 6.07 Å². The molecule has 2 unspecified atom stereocenters. The van der Waals surface area contributed by atoms with Gasteiger partial charge in [0.2, 0.25) is 5.91 Å². The number of benzene rings is 1. The lowest BCUT2D eigenvalue weighted by Gasteiger charge is -2.16. The number of aryl methyl sites for hydroxylation is 1. The largest absolute Gasteiger partial charge is 0.497 e. The first-order valence-electron chi connectivity index (χ1n) is 4.76. The minimum Gasteiger partial charge on any atom is -0.497 e. The average molecular weight is 225 g/mol. The van der Waals surface area contributed by atoms with Gasteiger partial charge in [-0.2, -0.15) is 0 Å². The van der Waals surface area contributed by atoms with Crippen molar-refractivity contribution in [2.24, 2.45) is 5.73 Å². The van der Waals surface area contributed by atoms with E-state index in [1.54, 1.807) is 18.2 Å². The molecular weight excluding hydrogens is 210 g/mol. The fraction of sp³-hybridized carbons (Fsp3) is 0.364. The van der Waals surface area contributed by atoms with Gasteiger partial charge in [-0.25, -0.2) is 0 Å². The molecule has 1 aromatic rings. The Morgan fingerprint density at radius 1 is 1.38 bits per heavy atom. The number of methoxy groups -OCH3 is 1. The Kier molecular flexibility index (Phi) is 3.87. The molecule has 16 heavy (non-hydrogen) atoms. The van der Waals surface area contributed by atoms with E-state index in [1.165, 1.54) is 7.11 Å². The third-order valence-electron chi connectivity index (χ3n) is 2.24. The number of hydrogen-bond acceptors (Lipinski definition) is 4. The van der Waals surface area contributed by atoms with E-state index in [0.29, 0.717) is 11.3 Å². The van der Waals surface area contributed by atoms with Crippen LogP contribution in [0.3, 0.4) is 0 Å². The van der Waals surface area contributed by atoms with Crippen LogP contribution < -0.4 is 10.5 Å². The molecule has 0 saturated carbocycles. The van der Waals surface area contributed by atoms with E-state index < -0.39 is 18.1 Å². The first kappa shape index (κ1) is 12.5. The normalized spacial score (nSPS) is 14.2. The summed E-state index contributed by atoms with van der Waals surface area (Å²) in [6.45, 7) is 1.81. The second-order valence-corrected chi connectivity index (χ2v) is 3.58. The topological polar surface area (TPSA) is 92.8 Å². The van der Waals surface area contributed by atoms with E-state index in [4.69, 9.17) is 10.5 Å². The molecule has 88 valence electrons. The second kappa shape index (κ2) is 4.96. The number of rotatable bonds is 4. The Balaban J connectivity index is 3.03. The zero-order valence-corrected chi connectivity index (χ0v) is 9.18. The van der Waals surface area contributed by atoms with Gasteiger partial charge < -0.3 is 20.7 Å². The SMILES string of the molecule is COc1cc(C)cc(C(O)C(O)C(N)=O)c1. The number of hydrogen-bond donors (Lipinski definition) is 3. The number of nitrogens with two attached hydrogens (primary N) is 1. The first-order chi connectivity index (χ1) is 7.45. The van der Waals surface area contributed by atoms with Crippen LogP contribution in [0.4, 0.5) is 0 Å². The van der Waals surface area contributed by atoms with E-state index >= 15 is 0 Å². The van der Waals surface area contributed by atoms with Gasteiger partial charge in [0.25, 0.3) is 0 Å². The van der Waals surface area contributed by atoms with Crippen LogP contribution in [0, 0.1) is 6.92 Å². The number of ether oxygens (including phenoxy) is 1. The van der Waals surface area contributed by atoms with Crippen molar-refractivity contribution in [2.75, 3.05) is 7.11 Å². The van der Waals surface area contributed by atoms with Gasteiger partial charge in [0.05, 0.1) is 7.11 Å². The van der Waals surface area contributed by atoms with Gasteiger partial charge in [0.1, 0.15) is 11.9 Å². The summed E-state index contributed by atoms with van der Waals surface area (Å²) >= 11 is 0. The van der Waals surface area contributed by atoms with Crippen LogP contribution in [-0.2, 0) is 4.79 Å². The number of carbonyl (C=O) groups excluding carboxylic acids is 1.